The predicted octanol–water partition coefficient (Wildman–Crippen LogP) is 5.65. The highest BCUT2D eigenvalue weighted by Gasteiger charge is 2.54. The van der Waals surface area contributed by atoms with Crippen molar-refractivity contribution in [2.24, 2.45) is 0 Å². The van der Waals surface area contributed by atoms with E-state index in [-0.39, 0.29) is 5.54 Å². The van der Waals surface area contributed by atoms with Crippen LogP contribution < -0.4 is 5.32 Å². The quantitative estimate of drug-likeness (QED) is 0.269. The molecule has 4 heteroatoms. The van der Waals surface area contributed by atoms with E-state index in [4.69, 9.17) is 14.2 Å². The summed E-state index contributed by atoms with van der Waals surface area (Å²) in [5, 5.41) is 3.77. The van der Waals surface area contributed by atoms with E-state index in [0.29, 0.717) is 25.9 Å². The minimum absolute atomic E-state index is 0.334. The van der Waals surface area contributed by atoms with Gasteiger partial charge < -0.3 is 19.5 Å². The lowest BCUT2D eigenvalue weighted by atomic mass is 9.85. The summed E-state index contributed by atoms with van der Waals surface area (Å²) < 4.78 is 18.5. The monoisotopic (exact) mass is 359 g/mol. The topological polar surface area (TPSA) is 39.7 Å². The van der Waals surface area contributed by atoms with Gasteiger partial charge >= 0.3 is 5.97 Å². The van der Waals surface area contributed by atoms with E-state index < -0.39 is 5.97 Å². The van der Waals surface area contributed by atoms with Crippen molar-refractivity contribution in [3.63, 3.8) is 0 Å². The number of ether oxygens (including phenoxy) is 3. The van der Waals surface area contributed by atoms with Crippen molar-refractivity contribution in [2.45, 2.75) is 117 Å². The van der Waals surface area contributed by atoms with Crippen molar-refractivity contribution in [3.05, 3.63) is 0 Å². The van der Waals surface area contributed by atoms with Crippen LogP contribution in [-0.4, -0.2) is 37.4 Å². The molecule has 0 amide bonds. The van der Waals surface area contributed by atoms with Gasteiger partial charge in [0, 0.05) is 25.9 Å². The van der Waals surface area contributed by atoms with Crippen molar-refractivity contribution in [2.75, 3.05) is 19.8 Å². The standard InChI is InChI=1S/C21H45NO3/c1-8-13-14-15-16-17-18-20(9-2,22-19(6)7)21(23-10-3,24-11-4)25-12-5/h19,22H,8-18H2,1-7H3. The van der Waals surface area contributed by atoms with Crippen molar-refractivity contribution >= 4 is 0 Å². The van der Waals surface area contributed by atoms with Crippen LogP contribution in [0.5, 0.6) is 0 Å². The minimum Gasteiger partial charge on any atom is -0.326 e. The molecule has 1 N–H and O–H groups in total. The number of rotatable bonds is 17. The maximum Gasteiger partial charge on any atom is 0.302 e. The zero-order chi connectivity index (χ0) is 19.2. The average Bonchev–Trinajstić information content (AvgIpc) is 2.57. The fourth-order valence-corrected chi connectivity index (χ4v) is 3.68. The summed E-state index contributed by atoms with van der Waals surface area (Å²) in [6.07, 6.45) is 9.57. The molecule has 0 aliphatic rings. The van der Waals surface area contributed by atoms with E-state index in [2.05, 4.69) is 33.0 Å². The van der Waals surface area contributed by atoms with Crippen LogP contribution in [0.1, 0.15) is 99.8 Å². The highest BCUT2D eigenvalue weighted by molar-refractivity contribution is 4.97. The molecule has 1 unspecified atom stereocenters. The Labute approximate surface area is 157 Å². The Kier molecular flexibility index (Phi) is 13.9. The Morgan fingerprint density at radius 3 is 1.60 bits per heavy atom. The van der Waals surface area contributed by atoms with E-state index in [1.165, 1.54) is 32.1 Å². The maximum atomic E-state index is 6.16. The van der Waals surface area contributed by atoms with Crippen LogP contribution in [0.3, 0.4) is 0 Å². The summed E-state index contributed by atoms with van der Waals surface area (Å²) in [4.78, 5) is 0. The summed E-state index contributed by atoms with van der Waals surface area (Å²) in [6, 6.07) is 0.334. The molecule has 152 valence electrons. The second kappa shape index (κ2) is 14.0. The van der Waals surface area contributed by atoms with Crippen LogP contribution >= 0.6 is 0 Å². The molecular formula is C21H45NO3. The average molecular weight is 360 g/mol. The van der Waals surface area contributed by atoms with Gasteiger partial charge in [-0.2, -0.15) is 0 Å². The number of nitrogens with one attached hydrogen (secondary N) is 1. The van der Waals surface area contributed by atoms with Gasteiger partial charge in [0.2, 0.25) is 0 Å². The third-order valence-electron chi connectivity index (χ3n) is 4.71. The molecule has 1 atom stereocenters. The number of unbranched alkanes of at least 4 members (excludes halogenated alkanes) is 5. The van der Waals surface area contributed by atoms with Crippen LogP contribution in [0.25, 0.3) is 0 Å². The highest BCUT2D eigenvalue weighted by Crippen LogP contribution is 2.37. The SMILES string of the molecule is CCCCCCCCC(CC)(NC(C)C)C(OCC)(OCC)OCC. The van der Waals surface area contributed by atoms with E-state index in [1.807, 2.05) is 20.8 Å². The van der Waals surface area contributed by atoms with Crippen LogP contribution in [0, 0.1) is 0 Å². The van der Waals surface area contributed by atoms with Gasteiger partial charge in [0.15, 0.2) is 0 Å². The van der Waals surface area contributed by atoms with Gasteiger partial charge in [0.25, 0.3) is 0 Å². The fourth-order valence-electron chi connectivity index (χ4n) is 3.68. The normalized spacial score (nSPS) is 14.9. The Balaban J connectivity index is 5.33. The van der Waals surface area contributed by atoms with Crippen molar-refractivity contribution in [3.8, 4) is 0 Å². The zero-order valence-electron chi connectivity index (χ0n) is 18.1. The molecule has 0 aliphatic carbocycles. The zero-order valence-corrected chi connectivity index (χ0v) is 18.1. The third kappa shape index (κ3) is 7.94. The molecule has 0 aliphatic heterocycles. The Hall–Kier alpha value is -0.160. The lowest BCUT2D eigenvalue weighted by Gasteiger charge is -2.49. The fraction of sp³-hybridized carbons (Fsp3) is 1.00. The van der Waals surface area contributed by atoms with Gasteiger partial charge in [-0.15, -0.1) is 0 Å². The molecule has 0 radical (unpaired) electrons. The minimum atomic E-state index is -1.02. The highest BCUT2D eigenvalue weighted by atomic mass is 16.9. The van der Waals surface area contributed by atoms with Gasteiger partial charge in [0.1, 0.15) is 5.54 Å². The van der Waals surface area contributed by atoms with E-state index in [9.17, 15) is 0 Å². The summed E-state index contributed by atoms with van der Waals surface area (Å²) >= 11 is 0. The van der Waals surface area contributed by atoms with Gasteiger partial charge in [-0.25, -0.2) is 0 Å². The van der Waals surface area contributed by atoms with Crippen molar-refractivity contribution < 1.29 is 14.2 Å². The molecule has 0 aromatic rings. The van der Waals surface area contributed by atoms with E-state index in [0.717, 1.165) is 19.3 Å². The molecule has 4 nitrogen and oxygen atoms in total. The molecule has 0 aromatic carbocycles. The van der Waals surface area contributed by atoms with Gasteiger partial charge in [-0.3, -0.25) is 0 Å². The molecule has 25 heavy (non-hydrogen) atoms. The van der Waals surface area contributed by atoms with Crippen LogP contribution in [0.2, 0.25) is 0 Å². The molecule has 0 heterocycles. The van der Waals surface area contributed by atoms with Crippen LogP contribution in [0.4, 0.5) is 0 Å². The third-order valence-corrected chi connectivity index (χ3v) is 4.71. The van der Waals surface area contributed by atoms with Gasteiger partial charge in [-0.1, -0.05) is 66.2 Å². The first-order valence-electron chi connectivity index (χ1n) is 10.7. The molecular weight excluding hydrogens is 314 g/mol. The summed E-state index contributed by atoms with van der Waals surface area (Å²) in [7, 11) is 0. The Morgan fingerprint density at radius 1 is 0.720 bits per heavy atom. The lowest BCUT2D eigenvalue weighted by molar-refractivity contribution is -0.413. The van der Waals surface area contributed by atoms with Crippen molar-refractivity contribution in [1.82, 2.24) is 5.32 Å². The van der Waals surface area contributed by atoms with E-state index in [1.54, 1.807) is 0 Å². The second-order valence-corrected chi connectivity index (χ2v) is 7.11. The molecule has 0 aromatic heterocycles. The first kappa shape index (κ1) is 24.8. The van der Waals surface area contributed by atoms with E-state index >= 15 is 0 Å². The van der Waals surface area contributed by atoms with Gasteiger partial charge in [-0.05, 0) is 33.6 Å². The Morgan fingerprint density at radius 2 is 1.20 bits per heavy atom. The molecule has 0 bridgehead atoms. The molecule has 0 spiro atoms. The van der Waals surface area contributed by atoms with Gasteiger partial charge in [0.05, 0.1) is 0 Å². The Bertz CT molecular complexity index is 292. The summed E-state index contributed by atoms with van der Waals surface area (Å²) in [5.41, 5.74) is -0.339. The number of hydrogen-bond donors (Lipinski definition) is 1. The molecule has 0 saturated heterocycles. The summed E-state index contributed by atoms with van der Waals surface area (Å²) in [6.45, 7) is 16.6. The molecule has 0 saturated carbocycles. The molecule has 0 fully saturated rings. The smallest absolute Gasteiger partial charge is 0.302 e. The summed E-state index contributed by atoms with van der Waals surface area (Å²) in [5.74, 6) is -1.02. The first-order chi connectivity index (χ1) is 12.0. The van der Waals surface area contributed by atoms with Crippen LogP contribution in [-0.2, 0) is 14.2 Å². The molecule has 0 rings (SSSR count). The number of hydrogen-bond acceptors (Lipinski definition) is 4. The van der Waals surface area contributed by atoms with Crippen LogP contribution in [0.15, 0.2) is 0 Å². The van der Waals surface area contributed by atoms with Crippen molar-refractivity contribution in [1.29, 1.82) is 0 Å². The first-order valence-corrected chi connectivity index (χ1v) is 10.7. The largest absolute Gasteiger partial charge is 0.326 e. The second-order valence-electron chi connectivity index (χ2n) is 7.11. The lowest BCUT2D eigenvalue weighted by Crippen LogP contribution is -2.68. The predicted molar refractivity (Wildman–Crippen MR) is 107 cm³/mol. The maximum absolute atomic E-state index is 6.16.